The quantitative estimate of drug-likeness (QED) is 0.707. The van der Waals surface area contributed by atoms with Gasteiger partial charge >= 0.3 is 0 Å². The van der Waals surface area contributed by atoms with Crippen LogP contribution in [0.1, 0.15) is 40.0 Å². The minimum Gasteiger partial charge on any atom is -0.314 e. The average molecular weight is 277 g/mol. The van der Waals surface area contributed by atoms with E-state index in [2.05, 4.69) is 12.2 Å². The lowest BCUT2D eigenvalue weighted by molar-refractivity contribution is 0.284. The Hall–Kier alpha value is -0.170. The van der Waals surface area contributed by atoms with Crippen LogP contribution in [-0.4, -0.2) is 55.8 Å². The Morgan fingerprint density at radius 1 is 1.22 bits per heavy atom. The first-order valence-corrected chi connectivity index (χ1v) is 8.37. The van der Waals surface area contributed by atoms with Crippen LogP contribution >= 0.6 is 0 Å². The van der Waals surface area contributed by atoms with Crippen molar-refractivity contribution in [2.24, 2.45) is 0 Å². The van der Waals surface area contributed by atoms with Crippen LogP contribution in [0, 0.1) is 0 Å². The summed E-state index contributed by atoms with van der Waals surface area (Å²) in [4.78, 5) is 0. The molecule has 0 aromatic carbocycles. The predicted molar refractivity (Wildman–Crippen MR) is 74.7 cm³/mol. The smallest absolute Gasteiger partial charge is 0.282 e. The lowest BCUT2D eigenvalue weighted by Gasteiger charge is -2.34. The Kier molecular flexibility index (Phi) is 6.55. The summed E-state index contributed by atoms with van der Waals surface area (Å²) in [5.74, 6) is 0. The first-order chi connectivity index (χ1) is 8.50. The molecule has 1 rings (SSSR count). The number of hydrogen-bond acceptors (Lipinski definition) is 3. The minimum atomic E-state index is -3.28. The van der Waals surface area contributed by atoms with E-state index in [0.29, 0.717) is 19.6 Å². The Balaban J connectivity index is 2.69. The van der Waals surface area contributed by atoms with Crippen LogP contribution in [-0.2, 0) is 10.2 Å². The van der Waals surface area contributed by atoms with Crippen LogP contribution in [0.5, 0.6) is 0 Å². The van der Waals surface area contributed by atoms with Gasteiger partial charge in [-0.05, 0) is 20.3 Å². The van der Waals surface area contributed by atoms with Gasteiger partial charge < -0.3 is 5.32 Å². The van der Waals surface area contributed by atoms with Crippen molar-refractivity contribution < 1.29 is 8.42 Å². The normalized spacial score (nSPS) is 18.7. The van der Waals surface area contributed by atoms with Crippen LogP contribution in [0.25, 0.3) is 0 Å². The maximum atomic E-state index is 12.5. The summed E-state index contributed by atoms with van der Waals surface area (Å²) in [6.07, 6.45) is 3.14. The molecule has 0 bridgehead atoms. The van der Waals surface area contributed by atoms with Crippen molar-refractivity contribution in [1.29, 1.82) is 0 Å². The molecule has 1 saturated heterocycles. The second-order valence-electron chi connectivity index (χ2n) is 5.07. The summed E-state index contributed by atoms with van der Waals surface area (Å²) >= 11 is 0. The van der Waals surface area contributed by atoms with Crippen LogP contribution < -0.4 is 5.32 Å². The van der Waals surface area contributed by atoms with E-state index in [1.807, 2.05) is 13.8 Å². The molecule has 1 aliphatic heterocycles. The zero-order chi connectivity index (χ0) is 13.6. The molecule has 0 unspecified atom stereocenters. The molecule has 0 aromatic rings. The lowest BCUT2D eigenvalue weighted by Crippen LogP contribution is -2.53. The second kappa shape index (κ2) is 7.43. The summed E-state index contributed by atoms with van der Waals surface area (Å²) in [5, 5.41) is 3.18. The van der Waals surface area contributed by atoms with Crippen LogP contribution in [0.3, 0.4) is 0 Å². The van der Waals surface area contributed by atoms with Crippen molar-refractivity contribution in [3.63, 3.8) is 0 Å². The van der Waals surface area contributed by atoms with Crippen molar-refractivity contribution in [3.8, 4) is 0 Å². The van der Waals surface area contributed by atoms with Crippen molar-refractivity contribution in [3.05, 3.63) is 0 Å². The Labute approximate surface area is 112 Å². The molecule has 6 heteroatoms. The third-order valence-corrected chi connectivity index (χ3v) is 5.47. The SMILES string of the molecule is CCCCCN(C(C)C)S(=O)(=O)N1CCNCC1. The summed E-state index contributed by atoms with van der Waals surface area (Å²) in [6.45, 7) is 9.33. The van der Waals surface area contributed by atoms with E-state index in [1.54, 1.807) is 8.61 Å². The summed E-state index contributed by atoms with van der Waals surface area (Å²) in [5.41, 5.74) is 0. The fraction of sp³-hybridized carbons (Fsp3) is 1.00. The molecule has 0 radical (unpaired) electrons. The van der Waals surface area contributed by atoms with E-state index in [1.165, 1.54) is 0 Å². The Morgan fingerprint density at radius 2 is 1.83 bits per heavy atom. The zero-order valence-corrected chi connectivity index (χ0v) is 12.7. The molecular weight excluding hydrogens is 250 g/mol. The van der Waals surface area contributed by atoms with Gasteiger partial charge in [0.05, 0.1) is 0 Å². The molecule has 1 fully saturated rings. The summed E-state index contributed by atoms with van der Waals surface area (Å²) in [7, 11) is -3.28. The molecule has 0 spiro atoms. The topological polar surface area (TPSA) is 52.7 Å². The lowest BCUT2D eigenvalue weighted by atomic mass is 10.2. The number of hydrogen-bond donors (Lipinski definition) is 1. The van der Waals surface area contributed by atoms with E-state index in [0.717, 1.165) is 32.4 Å². The minimum absolute atomic E-state index is 0.0294. The first kappa shape index (κ1) is 15.9. The first-order valence-electron chi connectivity index (χ1n) is 6.97. The molecule has 1 N–H and O–H groups in total. The monoisotopic (exact) mass is 277 g/mol. The molecule has 0 amide bonds. The molecule has 108 valence electrons. The van der Waals surface area contributed by atoms with E-state index in [-0.39, 0.29) is 6.04 Å². The van der Waals surface area contributed by atoms with Gasteiger partial charge in [0.1, 0.15) is 0 Å². The van der Waals surface area contributed by atoms with Crippen molar-refractivity contribution in [1.82, 2.24) is 13.9 Å². The number of piperazine rings is 1. The second-order valence-corrected chi connectivity index (χ2v) is 6.95. The third kappa shape index (κ3) is 4.19. The molecule has 18 heavy (non-hydrogen) atoms. The molecular formula is C12H27N3O2S. The zero-order valence-electron chi connectivity index (χ0n) is 11.9. The van der Waals surface area contributed by atoms with Gasteiger partial charge in [-0.3, -0.25) is 0 Å². The van der Waals surface area contributed by atoms with Crippen LogP contribution in [0.15, 0.2) is 0 Å². The van der Waals surface area contributed by atoms with E-state index < -0.39 is 10.2 Å². The Morgan fingerprint density at radius 3 is 2.33 bits per heavy atom. The van der Waals surface area contributed by atoms with Crippen LogP contribution in [0.4, 0.5) is 0 Å². The fourth-order valence-electron chi connectivity index (χ4n) is 2.18. The predicted octanol–water partition coefficient (Wildman–Crippen LogP) is 1.04. The highest BCUT2D eigenvalue weighted by Gasteiger charge is 2.31. The number of nitrogens with zero attached hydrogens (tertiary/aromatic N) is 2. The highest BCUT2D eigenvalue weighted by atomic mass is 32.2. The third-order valence-electron chi connectivity index (χ3n) is 3.26. The maximum Gasteiger partial charge on any atom is 0.282 e. The fourth-order valence-corrected chi connectivity index (χ4v) is 4.01. The average Bonchev–Trinajstić information content (AvgIpc) is 2.35. The number of unbranched alkanes of at least 4 members (excludes halogenated alkanes) is 2. The van der Waals surface area contributed by atoms with Gasteiger partial charge in [0, 0.05) is 38.8 Å². The van der Waals surface area contributed by atoms with Crippen molar-refractivity contribution in [2.45, 2.75) is 46.1 Å². The highest BCUT2D eigenvalue weighted by Crippen LogP contribution is 2.14. The molecule has 0 aliphatic carbocycles. The van der Waals surface area contributed by atoms with Gasteiger partial charge in [0.25, 0.3) is 10.2 Å². The number of nitrogens with one attached hydrogen (secondary N) is 1. The van der Waals surface area contributed by atoms with Crippen LogP contribution in [0.2, 0.25) is 0 Å². The Bertz CT molecular complexity index is 324. The summed E-state index contributed by atoms with van der Waals surface area (Å²) < 4.78 is 28.3. The van der Waals surface area contributed by atoms with Gasteiger partial charge in [0.2, 0.25) is 0 Å². The van der Waals surface area contributed by atoms with Gasteiger partial charge in [-0.15, -0.1) is 0 Å². The van der Waals surface area contributed by atoms with Crippen molar-refractivity contribution in [2.75, 3.05) is 32.7 Å². The standard InChI is InChI=1S/C12H27N3O2S/c1-4-5-6-9-15(12(2)3)18(16,17)14-10-7-13-8-11-14/h12-13H,4-11H2,1-3H3. The van der Waals surface area contributed by atoms with Crippen molar-refractivity contribution >= 4 is 10.2 Å². The van der Waals surface area contributed by atoms with E-state index in [9.17, 15) is 8.42 Å². The molecule has 0 atom stereocenters. The van der Waals surface area contributed by atoms with Gasteiger partial charge in [-0.25, -0.2) is 0 Å². The van der Waals surface area contributed by atoms with Gasteiger partial charge in [-0.2, -0.15) is 17.0 Å². The van der Waals surface area contributed by atoms with E-state index >= 15 is 0 Å². The number of rotatable bonds is 7. The summed E-state index contributed by atoms with van der Waals surface area (Å²) in [6, 6.07) is 0.0294. The molecule has 5 nitrogen and oxygen atoms in total. The molecule has 0 saturated carbocycles. The van der Waals surface area contributed by atoms with Gasteiger partial charge in [0.15, 0.2) is 0 Å². The molecule has 1 heterocycles. The maximum absolute atomic E-state index is 12.5. The van der Waals surface area contributed by atoms with E-state index in [4.69, 9.17) is 0 Å². The highest BCUT2D eigenvalue weighted by molar-refractivity contribution is 7.86. The molecule has 0 aromatic heterocycles. The molecule has 1 aliphatic rings. The largest absolute Gasteiger partial charge is 0.314 e. The van der Waals surface area contributed by atoms with Gasteiger partial charge in [-0.1, -0.05) is 19.8 Å².